The molecule has 1 aliphatic carbocycles. The number of quaternary nitrogens is 1. The molecule has 2 aliphatic rings. The zero-order valence-corrected chi connectivity index (χ0v) is 12.3. The van der Waals surface area contributed by atoms with Gasteiger partial charge in [0, 0.05) is 24.9 Å². The number of aliphatic carboxylic acids is 1. The minimum atomic E-state index is -0.715. The summed E-state index contributed by atoms with van der Waals surface area (Å²) in [5, 5.41) is 18.2. The first-order valence-corrected chi connectivity index (χ1v) is 7.96. The van der Waals surface area contributed by atoms with Crippen LogP contribution in [0.15, 0.2) is 0 Å². The Morgan fingerprint density at radius 2 is 2.00 bits per heavy atom. The van der Waals surface area contributed by atoms with Crippen molar-refractivity contribution in [2.75, 3.05) is 32.8 Å². The lowest BCUT2D eigenvalue weighted by Gasteiger charge is -2.49. The van der Waals surface area contributed by atoms with Gasteiger partial charge in [-0.3, -0.25) is 4.79 Å². The minimum Gasteiger partial charge on any atom is -0.481 e. The van der Waals surface area contributed by atoms with E-state index in [9.17, 15) is 4.79 Å². The summed E-state index contributed by atoms with van der Waals surface area (Å²) in [5.74, 6) is 0.257. The lowest BCUT2D eigenvalue weighted by molar-refractivity contribution is -0.940. The Balaban J connectivity index is 2.03. The van der Waals surface area contributed by atoms with Gasteiger partial charge in [0.2, 0.25) is 0 Å². The van der Waals surface area contributed by atoms with Crippen LogP contribution in [0, 0.1) is 11.8 Å². The third kappa shape index (κ3) is 4.17. The van der Waals surface area contributed by atoms with E-state index < -0.39 is 5.97 Å². The molecule has 0 spiro atoms. The van der Waals surface area contributed by atoms with E-state index in [1.54, 1.807) is 0 Å². The van der Waals surface area contributed by atoms with Gasteiger partial charge in [0.25, 0.3) is 0 Å². The Morgan fingerprint density at radius 1 is 1.25 bits per heavy atom. The molecule has 1 saturated carbocycles. The first kappa shape index (κ1) is 15.7. The molecule has 0 radical (unpaired) electrons. The molecule has 2 rings (SSSR count). The number of carbonyl (C=O) groups is 1. The van der Waals surface area contributed by atoms with E-state index in [2.05, 4.69) is 0 Å². The second kappa shape index (κ2) is 6.87. The van der Waals surface area contributed by atoms with Crippen molar-refractivity contribution >= 4 is 5.97 Å². The summed E-state index contributed by atoms with van der Waals surface area (Å²) in [6, 6.07) is 0.104. The molecule has 5 nitrogen and oxygen atoms in total. The third-order valence-corrected chi connectivity index (χ3v) is 5.03. The van der Waals surface area contributed by atoms with Crippen molar-refractivity contribution < 1.29 is 19.5 Å². The van der Waals surface area contributed by atoms with Gasteiger partial charge in [-0.1, -0.05) is 6.42 Å². The second-order valence-corrected chi connectivity index (χ2v) is 6.95. The molecule has 0 aromatic heterocycles. The lowest BCUT2D eigenvalue weighted by atomic mass is 9.82. The van der Waals surface area contributed by atoms with Gasteiger partial charge < -0.3 is 20.4 Å². The van der Waals surface area contributed by atoms with Crippen molar-refractivity contribution in [3.63, 3.8) is 0 Å². The Bertz CT molecular complexity index is 333. The molecular weight excluding hydrogens is 256 g/mol. The maximum absolute atomic E-state index is 11.0. The molecule has 20 heavy (non-hydrogen) atoms. The van der Waals surface area contributed by atoms with Gasteiger partial charge >= 0.3 is 5.97 Å². The number of aliphatic hydroxyl groups excluding tert-OH is 1. The maximum Gasteiger partial charge on any atom is 0.303 e. The maximum atomic E-state index is 11.0. The lowest BCUT2D eigenvalue weighted by Crippen LogP contribution is -2.63. The zero-order valence-electron chi connectivity index (χ0n) is 12.3. The first-order chi connectivity index (χ1) is 9.53. The molecule has 0 aromatic carbocycles. The number of nitrogens with zero attached hydrogens (tertiary/aromatic N) is 1. The van der Waals surface area contributed by atoms with Crippen molar-refractivity contribution in [3.05, 3.63) is 0 Å². The number of hydrogen-bond donors (Lipinski definition) is 3. The van der Waals surface area contributed by atoms with E-state index in [0.717, 1.165) is 49.4 Å². The van der Waals surface area contributed by atoms with Gasteiger partial charge in [0.05, 0.1) is 38.6 Å². The predicted octanol–water partition coefficient (Wildman–Crippen LogP) is 0.808. The number of carboxylic acids is 1. The summed E-state index contributed by atoms with van der Waals surface area (Å²) < 4.78 is 0.935. The molecule has 1 heterocycles. The summed E-state index contributed by atoms with van der Waals surface area (Å²) >= 11 is 0. The second-order valence-electron chi connectivity index (χ2n) is 6.95. The monoisotopic (exact) mass is 285 g/mol. The SMILES string of the molecule is NC1CC(CC(=O)O)C[N+](CCCO)(CC2CCC2)C1. The highest BCUT2D eigenvalue weighted by Crippen LogP contribution is 2.33. The number of nitrogens with two attached hydrogens (primary N) is 1. The number of rotatable bonds is 7. The Kier molecular flexibility index (Phi) is 5.41. The molecule has 2 fully saturated rings. The summed E-state index contributed by atoms with van der Waals surface area (Å²) in [6.45, 7) is 4.16. The Morgan fingerprint density at radius 3 is 2.55 bits per heavy atom. The predicted molar refractivity (Wildman–Crippen MR) is 77.1 cm³/mol. The van der Waals surface area contributed by atoms with Crippen LogP contribution in [0.4, 0.5) is 0 Å². The van der Waals surface area contributed by atoms with Crippen LogP contribution in [0.25, 0.3) is 0 Å². The largest absolute Gasteiger partial charge is 0.481 e. The smallest absolute Gasteiger partial charge is 0.303 e. The topological polar surface area (TPSA) is 83.6 Å². The van der Waals surface area contributed by atoms with Crippen LogP contribution < -0.4 is 5.73 Å². The molecule has 4 N–H and O–H groups in total. The fourth-order valence-electron chi connectivity index (χ4n) is 4.14. The molecule has 0 amide bonds. The molecule has 0 bridgehead atoms. The van der Waals surface area contributed by atoms with Crippen LogP contribution >= 0.6 is 0 Å². The quantitative estimate of drug-likeness (QED) is 0.604. The Hall–Kier alpha value is -0.650. The highest BCUT2D eigenvalue weighted by atomic mass is 16.4. The van der Waals surface area contributed by atoms with Gasteiger partial charge in [-0.15, -0.1) is 0 Å². The van der Waals surface area contributed by atoms with E-state index in [-0.39, 0.29) is 25.0 Å². The number of carboxylic acid groups (broad SMARTS) is 1. The molecule has 1 saturated heterocycles. The third-order valence-electron chi connectivity index (χ3n) is 5.03. The summed E-state index contributed by atoms with van der Waals surface area (Å²) in [7, 11) is 0. The van der Waals surface area contributed by atoms with Crippen molar-refractivity contribution in [2.45, 2.75) is 44.6 Å². The van der Waals surface area contributed by atoms with Gasteiger partial charge in [-0.05, 0) is 19.3 Å². The highest BCUT2D eigenvalue weighted by Gasteiger charge is 2.41. The van der Waals surface area contributed by atoms with Gasteiger partial charge in [-0.25, -0.2) is 0 Å². The zero-order chi connectivity index (χ0) is 14.6. The Labute approximate surface area is 121 Å². The van der Waals surface area contributed by atoms with Crippen molar-refractivity contribution in [1.82, 2.24) is 0 Å². The molecule has 3 unspecified atom stereocenters. The molecular formula is C15H29N2O3+. The van der Waals surface area contributed by atoms with Crippen LogP contribution in [0.1, 0.15) is 38.5 Å². The standard InChI is InChI=1S/C15H28N2O3/c16-14-7-13(8-15(19)20)10-17(11-14,5-2-6-18)9-12-3-1-4-12/h12-14,18H,1-11,16H2/p+1. The van der Waals surface area contributed by atoms with Crippen LogP contribution in [-0.2, 0) is 4.79 Å². The van der Waals surface area contributed by atoms with Crippen LogP contribution in [-0.4, -0.2) is 59.5 Å². The van der Waals surface area contributed by atoms with Crippen LogP contribution in [0.3, 0.4) is 0 Å². The molecule has 0 aromatic rings. The van der Waals surface area contributed by atoms with Crippen LogP contribution in [0.2, 0.25) is 0 Å². The van der Waals surface area contributed by atoms with E-state index in [1.807, 2.05) is 0 Å². The summed E-state index contributed by atoms with van der Waals surface area (Å²) in [6.07, 6.45) is 5.79. The summed E-state index contributed by atoms with van der Waals surface area (Å²) in [4.78, 5) is 11.0. The fraction of sp³-hybridized carbons (Fsp3) is 0.933. The van der Waals surface area contributed by atoms with Crippen molar-refractivity contribution in [1.29, 1.82) is 0 Å². The molecule has 3 atom stereocenters. The molecule has 116 valence electrons. The van der Waals surface area contributed by atoms with E-state index >= 15 is 0 Å². The van der Waals surface area contributed by atoms with Gasteiger partial charge in [-0.2, -0.15) is 0 Å². The number of likely N-dealkylation sites (tertiary alicyclic amines) is 1. The highest BCUT2D eigenvalue weighted by molar-refractivity contribution is 5.67. The minimum absolute atomic E-state index is 0.104. The van der Waals surface area contributed by atoms with Gasteiger partial charge in [0.1, 0.15) is 0 Å². The van der Waals surface area contributed by atoms with E-state index in [0.29, 0.717) is 0 Å². The fourth-order valence-corrected chi connectivity index (χ4v) is 4.14. The normalized spacial score (nSPS) is 34.7. The van der Waals surface area contributed by atoms with Crippen LogP contribution in [0.5, 0.6) is 0 Å². The average molecular weight is 285 g/mol. The number of aliphatic hydroxyl groups is 1. The molecule has 1 aliphatic heterocycles. The van der Waals surface area contributed by atoms with Crippen molar-refractivity contribution in [2.24, 2.45) is 17.6 Å². The summed E-state index contributed by atoms with van der Waals surface area (Å²) in [5.41, 5.74) is 6.21. The average Bonchev–Trinajstić information content (AvgIpc) is 2.30. The van der Waals surface area contributed by atoms with Gasteiger partial charge in [0.15, 0.2) is 0 Å². The van der Waals surface area contributed by atoms with Crippen molar-refractivity contribution in [3.8, 4) is 0 Å². The number of hydrogen-bond acceptors (Lipinski definition) is 3. The van der Waals surface area contributed by atoms with E-state index in [1.165, 1.54) is 19.3 Å². The molecule has 5 heteroatoms. The number of piperidine rings is 1. The van der Waals surface area contributed by atoms with E-state index in [4.69, 9.17) is 15.9 Å². The first-order valence-electron chi connectivity index (χ1n) is 7.96.